The van der Waals surface area contributed by atoms with Gasteiger partial charge in [-0.2, -0.15) is 0 Å². The Kier molecular flexibility index (Phi) is 4.40. The monoisotopic (exact) mass is 383 g/mol. The normalized spacial score (nSPS) is 19.3. The zero-order chi connectivity index (χ0) is 18.3. The second-order valence-electron chi connectivity index (χ2n) is 7.70. The average molecular weight is 384 g/mol. The van der Waals surface area contributed by atoms with Crippen molar-refractivity contribution in [3.8, 4) is 9.88 Å². The molecule has 1 aliphatic carbocycles. The van der Waals surface area contributed by atoms with E-state index in [0.29, 0.717) is 11.0 Å². The first-order valence-electron chi connectivity index (χ1n) is 8.70. The summed E-state index contributed by atoms with van der Waals surface area (Å²) in [7, 11) is 0. The van der Waals surface area contributed by atoms with E-state index in [9.17, 15) is 4.79 Å². The van der Waals surface area contributed by atoms with Crippen LogP contribution in [0.3, 0.4) is 0 Å². The van der Waals surface area contributed by atoms with Crippen LogP contribution in [-0.4, -0.2) is 16.1 Å². The maximum atomic E-state index is 12.5. The van der Waals surface area contributed by atoms with E-state index in [4.69, 9.17) is 0 Å². The quantitative estimate of drug-likeness (QED) is 0.664. The van der Waals surface area contributed by atoms with Crippen molar-refractivity contribution < 1.29 is 4.79 Å². The van der Waals surface area contributed by atoms with Crippen molar-refractivity contribution in [2.75, 3.05) is 5.32 Å². The highest BCUT2D eigenvalue weighted by atomic mass is 32.1. The second-order valence-corrected chi connectivity index (χ2v) is 9.62. The fraction of sp³-hybridized carbons (Fsp3) is 0.350. The van der Waals surface area contributed by atoms with Gasteiger partial charge in [-0.1, -0.05) is 62.4 Å². The van der Waals surface area contributed by atoms with Gasteiger partial charge in [-0.15, -0.1) is 21.5 Å². The molecule has 1 aliphatic rings. The van der Waals surface area contributed by atoms with E-state index in [0.717, 1.165) is 16.3 Å². The van der Waals surface area contributed by atoms with Crippen molar-refractivity contribution in [1.29, 1.82) is 0 Å². The number of thiophene rings is 1. The third kappa shape index (κ3) is 3.57. The minimum Gasteiger partial charge on any atom is -0.300 e. The van der Waals surface area contributed by atoms with Crippen LogP contribution in [0.5, 0.6) is 0 Å². The molecule has 2 atom stereocenters. The van der Waals surface area contributed by atoms with Gasteiger partial charge in [0.05, 0.1) is 4.88 Å². The predicted molar refractivity (Wildman–Crippen MR) is 108 cm³/mol. The van der Waals surface area contributed by atoms with Crippen molar-refractivity contribution in [2.24, 2.45) is 5.92 Å². The van der Waals surface area contributed by atoms with Crippen molar-refractivity contribution in [1.82, 2.24) is 10.2 Å². The molecule has 1 aromatic carbocycles. The van der Waals surface area contributed by atoms with Gasteiger partial charge in [0.1, 0.15) is 0 Å². The molecule has 2 aromatic heterocycles. The second kappa shape index (κ2) is 6.59. The van der Waals surface area contributed by atoms with Gasteiger partial charge in [0, 0.05) is 5.92 Å². The lowest BCUT2D eigenvalue weighted by atomic mass is 9.86. The summed E-state index contributed by atoms with van der Waals surface area (Å²) >= 11 is 3.04. The first-order valence-corrected chi connectivity index (χ1v) is 10.4. The Labute approximate surface area is 161 Å². The van der Waals surface area contributed by atoms with Gasteiger partial charge in [0.2, 0.25) is 11.0 Å². The molecular formula is C20H21N3OS2. The molecule has 2 heterocycles. The molecule has 1 amide bonds. The summed E-state index contributed by atoms with van der Waals surface area (Å²) in [6.07, 6.45) is 0.900. The largest absolute Gasteiger partial charge is 0.300 e. The summed E-state index contributed by atoms with van der Waals surface area (Å²) in [5.74, 6) is 0.391. The zero-order valence-corrected chi connectivity index (χ0v) is 16.7. The Bertz CT molecular complexity index is 907. The summed E-state index contributed by atoms with van der Waals surface area (Å²) in [5.41, 5.74) is 2.71. The molecular weight excluding hydrogens is 362 g/mol. The van der Waals surface area contributed by atoms with Crippen LogP contribution in [0, 0.1) is 5.92 Å². The lowest BCUT2D eigenvalue weighted by molar-refractivity contribution is -0.117. The Morgan fingerprint density at radius 2 is 1.92 bits per heavy atom. The summed E-state index contributed by atoms with van der Waals surface area (Å²) in [6, 6.07) is 12.7. The molecule has 3 aromatic rings. The van der Waals surface area contributed by atoms with E-state index in [1.807, 2.05) is 17.5 Å². The lowest BCUT2D eigenvalue weighted by Crippen LogP contribution is -2.14. The fourth-order valence-corrected chi connectivity index (χ4v) is 4.59. The summed E-state index contributed by atoms with van der Waals surface area (Å²) < 4.78 is 0. The minimum atomic E-state index is 0.0320. The molecule has 26 heavy (non-hydrogen) atoms. The van der Waals surface area contributed by atoms with Gasteiger partial charge < -0.3 is 5.32 Å². The van der Waals surface area contributed by atoms with Gasteiger partial charge in [0.15, 0.2) is 5.01 Å². The third-order valence-electron chi connectivity index (χ3n) is 4.72. The number of carbonyl (C=O) groups is 1. The highest BCUT2D eigenvalue weighted by Gasteiger charge is 2.44. The molecule has 0 radical (unpaired) electrons. The van der Waals surface area contributed by atoms with Crippen molar-refractivity contribution in [3.05, 3.63) is 52.9 Å². The fourth-order valence-electron chi connectivity index (χ4n) is 3.06. The molecule has 0 spiro atoms. The molecule has 134 valence electrons. The third-order valence-corrected chi connectivity index (χ3v) is 6.60. The van der Waals surface area contributed by atoms with Crippen LogP contribution in [0.2, 0.25) is 0 Å². The van der Waals surface area contributed by atoms with Gasteiger partial charge in [0.25, 0.3) is 0 Å². The van der Waals surface area contributed by atoms with Gasteiger partial charge in [-0.25, -0.2) is 0 Å². The predicted octanol–water partition coefficient (Wildman–Crippen LogP) is 5.31. The number of carbonyl (C=O) groups excluding carboxylic acids is 1. The lowest BCUT2D eigenvalue weighted by Gasteiger charge is -2.19. The van der Waals surface area contributed by atoms with E-state index in [1.54, 1.807) is 11.3 Å². The van der Waals surface area contributed by atoms with E-state index in [-0.39, 0.29) is 17.2 Å². The number of nitrogens with one attached hydrogen (secondary N) is 1. The minimum absolute atomic E-state index is 0.0320. The number of anilines is 1. The van der Waals surface area contributed by atoms with E-state index >= 15 is 0 Å². The SMILES string of the molecule is CC(C)(C)c1ccc([C@@H]2C[C@H]2C(=O)Nc2nnc(-c3cccs3)s2)cc1. The van der Waals surface area contributed by atoms with Crippen molar-refractivity contribution >= 4 is 33.7 Å². The Morgan fingerprint density at radius 3 is 2.58 bits per heavy atom. The Balaban J connectivity index is 1.38. The van der Waals surface area contributed by atoms with Crippen LogP contribution in [0.4, 0.5) is 5.13 Å². The molecule has 6 heteroatoms. The Morgan fingerprint density at radius 1 is 1.15 bits per heavy atom. The molecule has 4 rings (SSSR count). The molecule has 4 nitrogen and oxygen atoms in total. The summed E-state index contributed by atoms with van der Waals surface area (Å²) in [6.45, 7) is 6.63. The highest BCUT2D eigenvalue weighted by Crippen LogP contribution is 2.48. The van der Waals surface area contributed by atoms with Gasteiger partial charge >= 0.3 is 0 Å². The first-order chi connectivity index (χ1) is 12.4. The van der Waals surface area contributed by atoms with Crippen LogP contribution < -0.4 is 5.32 Å². The number of amides is 1. The van der Waals surface area contributed by atoms with Crippen molar-refractivity contribution in [3.63, 3.8) is 0 Å². The topological polar surface area (TPSA) is 54.9 Å². The molecule has 0 bridgehead atoms. The summed E-state index contributed by atoms with van der Waals surface area (Å²) in [5, 5.41) is 14.6. The van der Waals surface area contributed by atoms with Crippen LogP contribution in [0.15, 0.2) is 41.8 Å². The number of nitrogens with zero attached hydrogens (tertiary/aromatic N) is 2. The first kappa shape index (κ1) is 17.4. The molecule has 1 N–H and O–H groups in total. The standard InChI is InChI=1S/C20H21N3OS2/c1-20(2,3)13-8-6-12(7-9-13)14-11-15(14)17(24)21-19-23-22-18(26-19)16-5-4-10-25-16/h4-10,14-15H,11H2,1-3H3,(H,21,23,24)/t14-,15+/m0/s1. The van der Waals surface area contributed by atoms with Gasteiger partial charge in [-0.05, 0) is 40.3 Å². The molecule has 0 aliphatic heterocycles. The maximum absolute atomic E-state index is 12.5. The molecule has 0 unspecified atom stereocenters. The van der Waals surface area contributed by atoms with Crippen LogP contribution in [0.25, 0.3) is 9.88 Å². The summed E-state index contributed by atoms with van der Waals surface area (Å²) in [4.78, 5) is 13.6. The van der Waals surface area contributed by atoms with Crippen molar-refractivity contribution in [2.45, 2.75) is 38.5 Å². The Hall–Kier alpha value is -2.05. The van der Waals surface area contributed by atoms with Crippen LogP contribution in [-0.2, 0) is 10.2 Å². The van der Waals surface area contributed by atoms with Crippen LogP contribution >= 0.6 is 22.7 Å². The zero-order valence-electron chi connectivity index (χ0n) is 15.0. The van der Waals surface area contributed by atoms with E-state index in [2.05, 4.69) is 60.6 Å². The van der Waals surface area contributed by atoms with Gasteiger partial charge in [-0.3, -0.25) is 4.79 Å². The molecule has 1 fully saturated rings. The number of hydrogen-bond donors (Lipinski definition) is 1. The number of hydrogen-bond acceptors (Lipinski definition) is 5. The maximum Gasteiger partial charge on any atom is 0.229 e. The van der Waals surface area contributed by atoms with Crippen LogP contribution in [0.1, 0.15) is 44.2 Å². The smallest absolute Gasteiger partial charge is 0.229 e. The molecule has 0 saturated heterocycles. The molecule has 1 saturated carbocycles. The van der Waals surface area contributed by atoms with E-state index in [1.165, 1.54) is 22.5 Å². The van der Waals surface area contributed by atoms with E-state index < -0.39 is 0 Å². The average Bonchev–Trinajstić information content (AvgIpc) is 3.00. The highest BCUT2D eigenvalue weighted by molar-refractivity contribution is 7.23. The number of aromatic nitrogens is 2. The number of rotatable bonds is 4. The number of benzene rings is 1.